The number of hydrogen-bond acceptors (Lipinski definition) is 2. The van der Waals surface area contributed by atoms with Crippen molar-refractivity contribution in [3.8, 4) is 0 Å². The van der Waals surface area contributed by atoms with Gasteiger partial charge in [0.25, 0.3) is 0 Å². The van der Waals surface area contributed by atoms with Gasteiger partial charge in [-0.25, -0.2) is 0 Å². The van der Waals surface area contributed by atoms with Crippen LogP contribution in [0, 0.1) is 23.7 Å². The summed E-state index contributed by atoms with van der Waals surface area (Å²) >= 11 is 3.33. The molecule has 0 amide bonds. The van der Waals surface area contributed by atoms with Gasteiger partial charge in [0.05, 0.1) is 6.42 Å². The average molecular weight is 315 g/mol. The molecule has 102 valence electrons. The number of hydrogen-bond donors (Lipinski definition) is 0. The summed E-state index contributed by atoms with van der Waals surface area (Å²) in [6.07, 6.45) is 8.16. The smallest absolute Gasteiger partial charge is 0.307 e. The molecule has 4 aliphatic carbocycles. The molecule has 4 aliphatic rings. The van der Waals surface area contributed by atoms with E-state index in [4.69, 9.17) is 4.74 Å². The quantitative estimate of drug-likeness (QED) is 0.580. The SMILES string of the molecule is CCC1C2CC3CC(C2)CC1(OC(=O)CCBr)C3. The maximum Gasteiger partial charge on any atom is 0.307 e. The Morgan fingerprint density at radius 3 is 2.50 bits per heavy atom. The Morgan fingerprint density at radius 2 is 1.94 bits per heavy atom. The Labute approximate surface area is 118 Å². The number of carbonyl (C=O) groups excluding carboxylic acids is 1. The first-order valence-electron chi connectivity index (χ1n) is 7.44. The molecular weight excluding hydrogens is 292 g/mol. The van der Waals surface area contributed by atoms with Gasteiger partial charge in [0.2, 0.25) is 0 Å². The van der Waals surface area contributed by atoms with Gasteiger partial charge >= 0.3 is 5.97 Å². The molecule has 0 radical (unpaired) electrons. The maximum atomic E-state index is 11.9. The standard InChI is InChI=1S/C15H23BrO2/c1-2-13-12-6-10-5-11(7-12)9-15(13,8-10)18-14(17)3-4-16/h10-13H,2-9H2,1H3. The van der Waals surface area contributed by atoms with E-state index in [0.717, 1.165) is 35.9 Å². The predicted molar refractivity (Wildman–Crippen MR) is 74.6 cm³/mol. The van der Waals surface area contributed by atoms with Gasteiger partial charge in [0.1, 0.15) is 5.60 Å². The van der Waals surface area contributed by atoms with Crippen molar-refractivity contribution in [2.24, 2.45) is 23.7 Å². The highest BCUT2D eigenvalue weighted by molar-refractivity contribution is 9.09. The molecule has 0 N–H and O–H groups in total. The molecular formula is C15H23BrO2. The van der Waals surface area contributed by atoms with E-state index in [1.165, 1.54) is 25.7 Å². The monoisotopic (exact) mass is 314 g/mol. The fraction of sp³-hybridized carbons (Fsp3) is 0.933. The van der Waals surface area contributed by atoms with Crippen LogP contribution in [0.2, 0.25) is 0 Å². The molecule has 4 saturated carbocycles. The molecule has 0 aromatic rings. The van der Waals surface area contributed by atoms with E-state index in [1.54, 1.807) is 0 Å². The fourth-order valence-corrected chi connectivity index (χ4v) is 5.61. The third kappa shape index (κ3) is 2.03. The molecule has 3 atom stereocenters. The van der Waals surface area contributed by atoms with Gasteiger partial charge in [-0.1, -0.05) is 22.9 Å². The summed E-state index contributed by atoms with van der Waals surface area (Å²) in [5.41, 5.74) is -0.0806. The summed E-state index contributed by atoms with van der Waals surface area (Å²) in [6.45, 7) is 2.27. The second-order valence-corrected chi connectivity index (χ2v) is 7.39. The first kappa shape index (κ1) is 13.0. The summed E-state index contributed by atoms with van der Waals surface area (Å²) in [4.78, 5) is 11.9. The van der Waals surface area contributed by atoms with Gasteiger partial charge < -0.3 is 4.74 Å². The number of carbonyl (C=O) groups is 1. The molecule has 4 rings (SSSR count). The highest BCUT2D eigenvalue weighted by Crippen LogP contribution is 2.60. The van der Waals surface area contributed by atoms with Crippen LogP contribution in [0.1, 0.15) is 51.9 Å². The largest absolute Gasteiger partial charge is 0.459 e. The molecule has 0 heterocycles. The lowest BCUT2D eigenvalue weighted by atomic mass is 9.49. The van der Waals surface area contributed by atoms with Crippen LogP contribution >= 0.6 is 15.9 Å². The number of esters is 1. The van der Waals surface area contributed by atoms with Gasteiger partial charge in [-0.05, 0) is 56.3 Å². The first-order valence-corrected chi connectivity index (χ1v) is 8.57. The molecule has 0 saturated heterocycles. The van der Waals surface area contributed by atoms with Crippen molar-refractivity contribution >= 4 is 21.9 Å². The van der Waals surface area contributed by atoms with Crippen molar-refractivity contribution < 1.29 is 9.53 Å². The minimum absolute atomic E-state index is 0.00674. The van der Waals surface area contributed by atoms with Crippen LogP contribution in [0.15, 0.2) is 0 Å². The lowest BCUT2D eigenvalue weighted by molar-refractivity contribution is -0.208. The van der Waals surface area contributed by atoms with Crippen LogP contribution in [0.3, 0.4) is 0 Å². The van der Waals surface area contributed by atoms with Crippen molar-refractivity contribution in [2.45, 2.75) is 57.5 Å². The summed E-state index contributed by atoms with van der Waals surface area (Å²) in [6, 6.07) is 0. The Balaban J connectivity index is 1.81. The maximum absolute atomic E-state index is 11.9. The van der Waals surface area contributed by atoms with Crippen LogP contribution in [-0.4, -0.2) is 16.9 Å². The zero-order chi connectivity index (χ0) is 12.8. The van der Waals surface area contributed by atoms with E-state index in [0.29, 0.717) is 12.3 Å². The van der Waals surface area contributed by atoms with Crippen molar-refractivity contribution in [3.05, 3.63) is 0 Å². The van der Waals surface area contributed by atoms with Gasteiger partial charge in [-0.3, -0.25) is 4.79 Å². The molecule has 4 bridgehead atoms. The highest BCUT2D eigenvalue weighted by Gasteiger charge is 2.58. The zero-order valence-corrected chi connectivity index (χ0v) is 12.7. The Bertz CT molecular complexity index is 327. The summed E-state index contributed by atoms with van der Waals surface area (Å²) < 4.78 is 6.03. The van der Waals surface area contributed by atoms with Gasteiger partial charge in [0, 0.05) is 11.2 Å². The van der Waals surface area contributed by atoms with Crippen molar-refractivity contribution in [1.82, 2.24) is 0 Å². The summed E-state index contributed by atoms with van der Waals surface area (Å²) in [5, 5.41) is 0.717. The zero-order valence-electron chi connectivity index (χ0n) is 11.2. The molecule has 0 aromatic heterocycles. The minimum atomic E-state index is -0.0806. The van der Waals surface area contributed by atoms with Crippen LogP contribution in [0.5, 0.6) is 0 Å². The predicted octanol–water partition coefficient (Wildman–Crippen LogP) is 3.92. The molecule has 0 aliphatic heterocycles. The summed E-state index contributed by atoms with van der Waals surface area (Å²) in [7, 11) is 0. The Kier molecular flexibility index (Phi) is 3.46. The number of alkyl halides is 1. The van der Waals surface area contributed by atoms with Crippen molar-refractivity contribution in [2.75, 3.05) is 5.33 Å². The van der Waals surface area contributed by atoms with E-state index >= 15 is 0 Å². The normalized spacial score (nSPS) is 45.2. The van der Waals surface area contributed by atoms with Crippen LogP contribution in [0.4, 0.5) is 0 Å². The molecule has 3 unspecified atom stereocenters. The molecule has 0 spiro atoms. The molecule has 0 aromatic carbocycles. The molecule has 3 heteroatoms. The fourth-order valence-electron chi connectivity index (χ4n) is 5.29. The van der Waals surface area contributed by atoms with Crippen LogP contribution in [-0.2, 0) is 9.53 Å². The van der Waals surface area contributed by atoms with E-state index in [1.807, 2.05) is 0 Å². The third-order valence-corrected chi connectivity index (χ3v) is 5.90. The Morgan fingerprint density at radius 1 is 1.28 bits per heavy atom. The average Bonchev–Trinajstić information content (AvgIpc) is 2.27. The van der Waals surface area contributed by atoms with Gasteiger partial charge in [0.15, 0.2) is 0 Å². The second-order valence-electron chi connectivity index (χ2n) is 6.60. The number of halogens is 1. The number of ether oxygens (including phenoxy) is 1. The van der Waals surface area contributed by atoms with Crippen LogP contribution < -0.4 is 0 Å². The lowest BCUT2D eigenvalue weighted by Gasteiger charge is -2.60. The molecule has 18 heavy (non-hydrogen) atoms. The second kappa shape index (κ2) is 4.81. The van der Waals surface area contributed by atoms with Crippen molar-refractivity contribution in [1.29, 1.82) is 0 Å². The minimum Gasteiger partial charge on any atom is -0.459 e. The number of rotatable bonds is 4. The van der Waals surface area contributed by atoms with E-state index in [-0.39, 0.29) is 11.6 Å². The highest BCUT2D eigenvalue weighted by atomic mass is 79.9. The van der Waals surface area contributed by atoms with E-state index in [9.17, 15) is 4.79 Å². The topological polar surface area (TPSA) is 26.3 Å². The van der Waals surface area contributed by atoms with E-state index < -0.39 is 0 Å². The lowest BCUT2D eigenvalue weighted by Crippen LogP contribution is -2.59. The van der Waals surface area contributed by atoms with E-state index in [2.05, 4.69) is 22.9 Å². The molecule has 4 fully saturated rings. The molecule has 2 nitrogen and oxygen atoms in total. The summed E-state index contributed by atoms with van der Waals surface area (Å²) in [5.74, 6) is 3.14. The Hall–Kier alpha value is -0.0500. The third-order valence-electron chi connectivity index (χ3n) is 5.51. The first-order chi connectivity index (χ1) is 8.66. The van der Waals surface area contributed by atoms with Crippen molar-refractivity contribution in [3.63, 3.8) is 0 Å². The van der Waals surface area contributed by atoms with Crippen LogP contribution in [0.25, 0.3) is 0 Å². The van der Waals surface area contributed by atoms with Gasteiger partial charge in [-0.15, -0.1) is 0 Å². The van der Waals surface area contributed by atoms with Gasteiger partial charge in [-0.2, -0.15) is 0 Å².